The second-order valence-corrected chi connectivity index (χ2v) is 10.6. The van der Waals surface area contributed by atoms with Gasteiger partial charge >= 0.3 is 11.8 Å². The van der Waals surface area contributed by atoms with Crippen molar-refractivity contribution in [1.29, 1.82) is 0 Å². The summed E-state index contributed by atoms with van der Waals surface area (Å²) in [5, 5.41) is 4.50. The van der Waals surface area contributed by atoms with Crippen LogP contribution in [-0.2, 0) is 21.2 Å². The van der Waals surface area contributed by atoms with Gasteiger partial charge in [-0.3, -0.25) is 4.79 Å². The van der Waals surface area contributed by atoms with Crippen molar-refractivity contribution in [3.05, 3.63) is 51.7 Å². The Morgan fingerprint density at radius 3 is 2.69 bits per heavy atom. The average molecular weight is 497 g/mol. The standard InChI is InChI=1S/C20H21ClN4O5S2/c1-13-17(32(27,28)22-7-6-14-2-4-15(21)5-3-14)12-16(31-13)18-23-19(30-24-18)20(26)25-8-10-29-11-9-25/h2-5,12,22H,6-11H2,1H3. The van der Waals surface area contributed by atoms with E-state index in [-0.39, 0.29) is 29.1 Å². The van der Waals surface area contributed by atoms with Crippen LogP contribution in [0.2, 0.25) is 5.02 Å². The molecular formula is C20H21ClN4O5S2. The molecule has 0 atom stereocenters. The van der Waals surface area contributed by atoms with Crippen molar-refractivity contribution in [1.82, 2.24) is 19.8 Å². The fourth-order valence-electron chi connectivity index (χ4n) is 3.21. The van der Waals surface area contributed by atoms with Crippen molar-refractivity contribution >= 4 is 38.9 Å². The maximum atomic E-state index is 12.8. The Morgan fingerprint density at radius 1 is 1.25 bits per heavy atom. The van der Waals surface area contributed by atoms with Gasteiger partial charge < -0.3 is 14.2 Å². The molecule has 0 aliphatic carbocycles. The Bertz CT molecular complexity index is 1200. The molecule has 4 rings (SSSR count). The van der Waals surface area contributed by atoms with Crippen LogP contribution >= 0.6 is 22.9 Å². The minimum atomic E-state index is -3.72. The third-order valence-corrected chi connectivity index (χ3v) is 7.92. The zero-order chi connectivity index (χ0) is 22.7. The van der Waals surface area contributed by atoms with Gasteiger partial charge in [0.25, 0.3) is 0 Å². The molecule has 0 radical (unpaired) electrons. The summed E-state index contributed by atoms with van der Waals surface area (Å²) in [5.74, 6) is -0.312. The van der Waals surface area contributed by atoms with Gasteiger partial charge in [-0.05, 0) is 37.1 Å². The number of aromatic nitrogens is 2. The molecule has 0 unspecified atom stereocenters. The highest BCUT2D eigenvalue weighted by atomic mass is 35.5. The van der Waals surface area contributed by atoms with Gasteiger partial charge in [0.15, 0.2) is 0 Å². The molecule has 1 aromatic carbocycles. The first kappa shape index (κ1) is 22.9. The lowest BCUT2D eigenvalue weighted by molar-refractivity contribution is 0.0272. The molecule has 3 heterocycles. The van der Waals surface area contributed by atoms with Gasteiger partial charge in [-0.1, -0.05) is 28.9 Å². The number of hydrogen-bond donors (Lipinski definition) is 1. The second-order valence-electron chi connectivity index (χ2n) is 7.13. The number of halogens is 1. The molecule has 12 heteroatoms. The minimum Gasteiger partial charge on any atom is -0.378 e. The summed E-state index contributed by atoms with van der Waals surface area (Å²) >= 11 is 7.10. The van der Waals surface area contributed by atoms with E-state index in [4.69, 9.17) is 20.9 Å². The fraction of sp³-hybridized carbons (Fsp3) is 0.350. The molecule has 1 aliphatic heterocycles. The van der Waals surface area contributed by atoms with Crippen LogP contribution in [0, 0.1) is 6.92 Å². The van der Waals surface area contributed by atoms with Crippen LogP contribution in [0.3, 0.4) is 0 Å². The van der Waals surface area contributed by atoms with Crippen molar-refractivity contribution in [2.75, 3.05) is 32.8 Å². The van der Waals surface area contributed by atoms with Crippen molar-refractivity contribution in [3.63, 3.8) is 0 Å². The van der Waals surface area contributed by atoms with E-state index in [9.17, 15) is 13.2 Å². The van der Waals surface area contributed by atoms with E-state index in [0.29, 0.717) is 47.5 Å². The number of hydrogen-bond acceptors (Lipinski definition) is 8. The molecule has 2 aromatic heterocycles. The molecule has 0 saturated carbocycles. The van der Waals surface area contributed by atoms with E-state index in [1.165, 1.54) is 17.4 Å². The summed E-state index contributed by atoms with van der Waals surface area (Å²) in [6, 6.07) is 8.75. The summed E-state index contributed by atoms with van der Waals surface area (Å²) in [7, 11) is -3.72. The van der Waals surface area contributed by atoms with Crippen LogP contribution in [0.1, 0.15) is 21.1 Å². The normalized spacial score (nSPS) is 14.6. The monoisotopic (exact) mass is 496 g/mol. The second kappa shape index (κ2) is 9.67. The number of carbonyl (C=O) groups is 1. The number of thiophene rings is 1. The van der Waals surface area contributed by atoms with Crippen molar-refractivity contribution < 1.29 is 22.5 Å². The molecule has 0 spiro atoms. The van der Waals surface area contributed by atoms with E-state index in [1.54, 1.807) is 24.0 Å². The number of rotatable bonds is 7. The van der Waals surface area contributed by atoms with Crippen LogP contribution in [0.25, 0.3) is 10.7 Å². The number of ether oxygens (including phenoxy) is 1. The summed E-state index contributed by atoms with van der Waals surface area (Å²) in [4.78, 5) is 19.5. The first-order chi connectivity index (χ1) is 15.3. The predicted octanol–water partition coefficient (Wildman–Crippen LogP) is 2.75. The van der Waals surface area contributed by atoms with Crippen molar-refractivity contribution in [3.8, 4) is 10.7 Å². The van der Waals surface area contributed by atoms with E-state index in [0.717, 1.165) is 5.56 Å². The van der Waals surface area contributed by atoms with Crippen molar-refractivity contribution in [2.24, 2.45) is 0 Å². The average Bonchev–Trinajstić information content (AvgIpc) is 3.42. The molecule has 1 fully saturated rings. The lowest BCUT2D eigenvalue weighted by Crippen LogP contribution is -2.40. The van der Waals surface area contributed by atoms with E-state index in [1.807, 2.05) is 12.1 Å². The highest BCUT2D eigenvalue weighted by Gasteiger charge is 2.26. The Morgan fingerprint density at radius 2 is 1.97 bits per heavy atom. The van der Waals surface area contributed by atoms with Crippen molar-refractivity contribution in [2.45, 2.75) is 18.2 Å². The quantitative estimate of drug-likeness (QED) is 0.534. The third kappa shape index (κ3) is 5.18. The largest absolute Gasteiger partial charge is 0.378 e. The first-order valence-electron chi connectivity index (χ1n) is 9.89. The molecule has 32 heavy (non-hydrogen) atoms. The Hall–Kier alpha value is -2.31. The van der Waals surface area contributed by atoms with Crippen LogP contribution in [-0.4, -0.2) is 62.2 Å². The van der Waals surface area contributed by atoms with E-state index in [2.05, 4.69) is 14.9 Å². The van der Waals surface area contributed by atoms with Gasteiger partial charge in [0, 0.05) is 29.5 Å². The molecule has 3 aromatic rings. The number of carbonyl (C=O) groups excluding carboxylic acids is 1. The highest BCUT2D eigenvalue weighted by Crippen LogP contribution is 2.32. The Balaban J connectivity index is 1.44. The predicted molar refractivity (Wildman–Crippen MR) is 119 cm³/mol. The molecule has 1 N–H and O–H groups in total. The van der Waals surface area contributed by atoms with Gasteiger partial charge in [0.2, 0.25) is 15.8 Å². The lowest BCUT2D eigenvalue weighted by Gasteiger charge is -2.25. The molecule has 0 bridgehead atoms. The highest BCUT2D eigenvalue weighted by molar-refractivity contribution is 7.89. The van der Waals surface area contributed by atoms with Gasteiger partial charge in [0.05, 0.1) is 23.0 Å². The van der Waals surface area contributed by atoms with Gasteiger partial charge in [0.1, 0.15) is 0 Å². The summed E-state index contributed by atoms with van der Waals surface area (Å²) in [6.07, 6.45) is 0.532. The van der Waals surface area contributed by atoms with Gasteiger partial charge in [-0.2, -0.15) is 4.98 Å². The molecule has 1 saturated heterocycles. The number of aryl methyl sites for hydroxylation is 1. The van der Waals surface area contributed by atoms with Gasteiger partial charge in [-0.15, -0.1) is 11.3 Å². The number of morpholine rings is 1. The minimum absolute atomic E-state index is 0.126. The number of sulfonamides is 1. The molecule has 1 amide bonds. The maximum absolute atomic E-state index is 12.8. The summed E-state index contributed by atoms with van der Waals surface area (Å²) < 4.78 is 38.6. The SMILES string of the molecule is Cc1sc(-c2noc(C(=O)N3CCOCC3)n2)cc1S(=O)(=O)NCCc1ccc(Cl)cc1. The molecule has 170 valence electrons. The van der Waals surface area contributed by atoms with Gasteiger partial charge in [-0.25, -0.2) is 13.1 Å². The fourth-order valence-corrected chi connectivity index (χ4v) is 5.89. The number of nitrogens with zero attached hydrogens (tertiary/aromatic N) is 3. The number of benzene rings is 1. The topological polar surface area (TPSA) is 115 Å². The first-order valence-corrected chi connectivity index (χ1v) is 12.6. The lowest BCUT2D eigenvalue weighted by atomic mass is 10.2. The van der Waals surface area contributed by atoms with Crippen LogP contribution in [0.4, 0.5) is 0 Å². The maximum Gasteiger partial charge on any atom is 0.316 e. The van der Waals surface area contributed by atoms with E-state index >= 15 is 0 Å². The zero-order valence-electron chi connectivity index (χ0n) is 17.2. The zero-order valence-corrected chi connectivity index (χ0v) is 19.6. The van der Waals surface area contributed by atoms with Crippen LogP contribution < -0.4 is 4.72 Å². The summed E-state index contributed by atoms with van der Waals surface area (Å²) in [5.41, 5.74) is 0.976. The number of amides is 1. The third-order valence-electron chi connectivity index (χ3n) is 4.91. The van der Waals surface area contributed by atoms with Crippen LogP contribution in [0.5, 0.6) is 0 Å². The Kier molecular flexibility index (Phi) is 6.91. The molecular weight excluding hydrogens is 476 g/mol. The van der Waals surface area contributed by atoms with E-state index < -0.39 is 10.0 Å². The molecule has 1 aliphatic rings. The number of nitrogens with one attached hydrogen (secondary N) is 1. The van der Waals surface area contributed by atoms with Crippen LogP contribution in [0.15, 0.2) is 39.8 Å². The Labute approximate surface area is 194 Å². The smallest absolute Gasteiger partial charge is 0.316 e. The molecule has 9 nitrogen and oxygen atoms in total. The summed E-state index contributed by atoms with van der Waals surface area (Å²) in [6.45, 7) is 3.79.